The summed E-state index contributed by atoms with van der Waals surface area (Å²) in [5, 5.41) is 14.2. The van der Waals surface area contributed by atoms with Crippen molar-refractivity contribution in [3.63, 3.8) is 0 Å². The summed E-state index contributed by atoms with van der Waals surface area (Å²) in [6.45, 7) is 5.43. The van der Waals surface area contributed by atoms with Crippen LogP contribution in [0.5, 0.6) is 0 Å². The van der Waals surface area contributed by atoms with Crippen molar-refractivity contribution >= 4 is 28.8 Å². The Morgan fingerprint density at radius 1 is 1.35 bits per heavy atom. The molecule has 0 aliphatic carbocycles. The van der Waals surface area contributed by atoms with Crippen molar-refractivity contribution in [1.29, 1.82) is 0 Å². The van der Waals surface area contributed by atoms with Crippen LogP contribution in [0.4, 0.5) is 11.4 Å². The number of nitro benzene ring substituents is 1. The minimum atomic E-state index is -0.478. The SMILES string of the molecule is CC(=O)c1ccc(CNc2c(C)cc([N+](=O)[O-])cc2Cl)nc1C. The van der Waals surface area contributed by atoms with E-state index in [0.29, 0.717) is 29.1 Å². The summed E-state index contributed by atoms with van der Waals surface area (Å²) in [6, 6.07) is 6.29. The lowest BCUT2D eigenvalue weighted by Gasteiger charge is -2.12. The maximum absolute atomic E-state index is 11.4. The molecule has 0 saturated carbocycles. The molecule has 1 aromatic carbocycles. The second-order valence-corrected chi connectivity index (χ2v) is 5.63. The van der Waals surface area contributed by atoms with E-state index in [1.807, 2.05) is 0 Å². The van der Waals surface area contributed by atoms with Crippen molar-refractivity contribution in [3.05, 3.63) is 61.9 Å². The maximum Gasteiger partial charge on any atom is 0.271 e. The van der Waals surface area contributed by atoms with Gasteiger partial charge in [0.2, 0.25) is 0 Å². The van der Waals surface area contributed by atoms with Crippen LogP contribution < -0.4 is 5.32 Å². The van der Waals surface area contributed by atoms with Gasteiger partial charge < -0.3 is 5.32 Å². The second kappa shape index (κ2) is 6.75. The molecule has 1 aromatic heterocycles. The van der Waals surface area contributed by atoms with Crippen LogP contribution in [0.3, 0.4) is 0 Å². The minimum absolute atomic E-state index is 0.0243. The predicted octanol–water partition coefficient (Wildman–Crippen LogP) is 4.07. The van der Waals surface area contributed by atoms with Crippen LogP contribution in [0.15, 0.2) is 24.3 Å². The number of hydrogen-bond donors (Lipinski definition) is 1. The highest BCUT2D eigenvalue weighted by Gasteiger charge is 2.13. The number of ketones is 1. The van der Waals surface area contributed by atoms with E-state index in [9.17, 15) is 14.9 Å². The van der Waals surface area contributed by atoms with Gasteiger partial charge in [-0.2, -0.15) is 0 Å². The van der Waals surface area contributed by atoms with Crippen molar-refractivity contribution in [2.75, 3.05) is 5.32 Å². The fourth-order valence-corrected chi connectivity index (χ4v) is 2.65. The molecule has 2 aromatic rings. The number of carbonyl (C=O) groups excluding carboxylic acids is 1. The summed E-state index contributed by atoms with van der Waals surface area (Å²) in [4.78, 5) is 26.1. The second-order valence-electron chi connectivity index (χ2n) is 5.22. The summed E-state index contributed by atoms with van der Waals surface area (Å²) in [6.07, 6.45) is 0. The molecule has 0 fully saturated rings. The highest BCUT2D eigenvalue weighted by molar-refractivity contribution is 6.33. The summed E-state index contributed by atoms with van der Waals surface area (Å²) < 4.78 is 0. The Morgan fingerprint density at radius 3 is 2.57 bits per heavy atom. The summed E-state index contributed by atoms with van der Waals surface area (Å²) in [5.74, 6) is -0.0243. The van der Waals surface area contributed by atoms with Crippen LogP contribution in [-0.2, 0) is 6.54 Å². The molecule has 2 rings (SSSR count). The van der Waals surface area contributed by atoms with E-state index in [0.717, 1.165) is 5.69 Å². The number of rotatable bonds is 5. The summed E-state index contributed by atoms with van der Waals surface area (Å²) in [7, 11) is 0. The van der Waals surface area contributed by atoms with Gasteiger partial charge in [-0.05, 0) is 38.5 Å². The lowest BCUT2D eigenvalue weighted by atomic mass is 10.1. The van der Waals surface area contributed by atoms with E-state index < -0.39 is 4.92 Å². The van der Waals surface area contributed by atoms with Crippen molar-refractivity contribution in [3.8, 4) is 0 Å². The Balaban J connectivity index is 2.20. The first-order chi connectivity index (χ1) is 10.8. The van der Waals surface area contributed by atoms with Gasteiger partial charge in [0.15, 0.2) is 5.78 Å². The van der Waals surface area contributed by atoms with Crippen LogP contribution in [0.1, 0.15) is 34.2 Å². The molecule has 0 unspecified atom stereocenters. The summed E-state index contributed by atoms with van der Waals surface area (Å²) in [5.41, 5.74) is 3.29. The molecular weight excluding hydrogens is 318 g/mol. The predicted molar refractivity (Wildman–Crippen MR) is 89.1 cm³/mol. The zero-order chi connectivity index (χ0) is 17.1. The van der Waals surface area contributed by atoms with Gasteiger partial charge >= 0.3 is 0 Å². The topological polar surface area (TPSA) is 85.1 Å². The Bertz CT molecular complexity index is 767. The number of anilines is 1. The molecule has 0 bridgehead atoms. The zero-order valence-electron chi connectivity index (χ0n) is 13.0. The number of nitro groups is 1. The number of benzene rings is 1. The number of non-ortho nitro benzene ring substituents is 1. The Labute approximate surface area is 138 Å². The van der Waals surface area contributed by atoms with E-state index in [-0.39, 0.29) is 16.5 Å². The first kappa shape index (κ1) is 16.9. The third-order valence-corrected chi connectivity index (χ3v) is 3.75. The zero-order valence-corrected chi connectivity index (χ0v) is 13.8. The van der Waals surface area contributed by atoms with Crippen molar-refractivity contribution < 1.29 is 9.72 Å². The standard InChI is InChI=1S/C16H16ClN3O3/c1-9-6-13(20(22)23)7-15(17)16(9)18-8-12-4-5-14(11(3)21)10(2)19-12/h4-7,18H,8H2,1-3H3. The Morgan fingerprint density at radius 2 is 2.04 bits per heavy atom. The largest absolute Gasteiger partial charge is 0.378 e. The minimum Gasteiger partial charge on any atom is -0.378 e. The number of pyridine rings is 1. The van der Waals surface area contributed by atoms with E-state index >= 15 is 0 Å². The van der Waals surface area contributed by atoms with Gasteiger partial charge in [0.05, 0.1) is 27.9 Å². The van der Waals surface area contributed by atoms with Crippen LogP contribution in [0.2, 0.25) is 5.02 Å². The highest BCUT2D eigenvalue weighted by Crippen LogP contribution is 2.31. The van der Waals surface area contributed by atoms with Crippen LogP contribution >= 0.6 is 11.6 Å². The molecule has 0 amide bonds. The third kappa shape index (κ3) is 3.84. The quantitative estimate of drug-likeness (QED) is 0.506. The fourth-order valence-electron chi connectivity index (χ4n) is 2.32. The third-order valence-electron chi connectivity index (χ3n) is 3.45. The van der Waals surface area contributed by atoms with Gasteiger partial charge in [-0.15, -0.1) is 0 Å². The first-order valence-corrected chi connectivity index (χ1v) is 7.33. The molecule has 1 N–H and O–H groups in total. The van der Waals surface area contributed by atoms with Gasteiger partial charge in [-0.25, -0.2) is 0 Å². The number of aryl methyl sites for hydroxylation is 2. The van der Waals surface area contributed by atoms with Crippen molar-refractivity contribution in [1.82, 2.24) is 4.98 Å². The molecule has 23 heavy (non-hydrogen) atoms. The van der Waals surface area contributed by atoms with E-state index in [1.54, 1.807) is 26.0 Å². The molecular formula is C16H16ClN3O3. The molecule has 0 spiro atoms. The first-order valence-electron chi connectivity index (χ1n) is 6.95. The smallest absolute Gasteiger partial charge is 0.271 e. The van der Waals surface area contributed by atoms with E-state index in [2.05, 4.69) is 10.3 Å². The van der Waals surface area contributed by atoms with Crippen molar-refractivity contribution in [2.24, 2.45) is 0 Å². The highest BCUT2D eigenvalue weighted by atomic mass is 35.5. The van der Waals surface area contributed by atoms with Crippen molar-refractivity contribution in [2.45, 2.75) is 27.3 Å². The Kier molecular flexibility index (Phi) is 4.95. The average molecular weight is 334 g/mol. The number of Topliss-reactive ketones (excluding diaryl/α,β-unsaturated/α-hetero) is 1. The lowest BCUT2D eigenvalue weighted by molar-refractivity contribution is -0.384. The summed E-state index contributed by atoms with van der Waals surface area (Å²) >= 11 is 6.11. The number of aromatic nitrogens is 1. The molecule has 0 radical (unpaired) electrons. The number of nitrogens with one attached hydrogen (secondary N) is 1. The number of nitrogens with zero attached hydrogens (tertiary/aromatic N) is 2. The van der Waals surface area contributed by atoms with Gasteiger partial charge in [0.25, 0.3) is 5.69 Å². The van der Waals surface area contributed by atoms with Gasteiger partial charge in [0.1, 0.15) is 0 Å². The van der Waals surface area contributed by atoms with E-state index in [1.165, 1.54) is 19.1 Å². The molecule has 0 atom stereocenters. The monoisotopic (exact) mass is 333 g/mol. The molecule has 6 nitrogen and oxygen atoms in total. The van der Waals surface area contributed by atoms with Gasteiger partial charge in [-0.1, -0.05) is 11.6 Å². The molecule has 1 heterocycles. The number of halogens is 1. The Hall–Kier alpha value is -2.47. The van der Waals surface area contributed by atoms with E-state index in [4.69, 9.17) is 11.6 Å². The molecule has 7 heteroatoms. The van der Waals surface area contributed by atoms with Crippen LogP contribution in [-0.4, -0.2) is 15.7 Å². The number of hydrogen-bond acceptors (Lipinski definition) is 5. The molecule has 0 aliphatic rings. The van der Waals surface area contributed by atoms with Crippen LogP contribution in [0.25, 0.3) is 0 Å². The van der Waals surface area contributed by atoms with Crippen LogP contribution in [0, 0.1) is 24.0 Å². The van der Waals surface area contributed by atoms with Gasteiger partial charge in [0, 0.05) is 23.4 Å². The maximum atomic E-state index is 11.4. The fraction of sp³-hybridized carbons (Fsp3) is 0.250. The van der Waals surface area contributed by atoms with Gasteiger partial charge in [-0.3, -0.25) is 19.9 Å². The normalized spacial score (nSPS) is 10.4. The number of carbonyl (C=O) groups is 1. The average Bonchev–Trinajstić information content (AvgIpc) is 2.45. The lowest BCUT2D eigenvalue weighted by Crippen LogP contribution is -2.07. The molecule has 120 valence electrons. The molecule has 0 saturated heterocycles. The molecule has 0 aliphatic heterocycles.